The van der Waals surface area contributed by atoms with Gasteiger partial charge in [0.25, 0.3) is 5.91 Å². The van der Waals surface area contributed by atoms with E-state index in [9.17, 15) is 14.4 Å². The smallest absolute Gasteiger partial charge is 0.289 e. The maximum atomic E-state index is 12.6. The van der Waals surface area contributed by atoms with Crippen LogP contribution in [0.25, 0.3) is 0 Å². The largest absolute Gasteiger partial charge is 0.346 e. The second-order valence-electron chi connectivity index (χ2n) is 7.94. The lowest BCUT2D eigenvalue weighted by Gasteiger charge is -2.22. The van der Waals surface area contributed by atoms with Gasteiger partial charge in [0.15, 0.2) is 0 Å². The molecule has 0 bridgehead atoms. The molecule has 1 aliphatic heterocycles. The summed E-state index contributed by atoms with van der Waals surface area (Å²) in [7, 11) is 0. The summed E-state index contributed by atoms with van der Waals surface area (Å²) in [5, 5.41) is 8.60. The lowest BCUT2D eigenvalue weighted by Crippen LogP contribution is -2.53. The minimum absolute atomic E-state index is 0.149. The summed E-state index contributed by atoms with van der Waals surface area (Å²) in [5.41, 5.74) is 0.185. The van der Waals surface area contributed by atoms with Crippen LogP contribution in [0.4, 0.5) is 0 Å². The zero-order valence-electron chi connectivity index (χ0n) is 14.4. The van der Waals surface area contributed by atoms with E-state index in [-0.39, 0.29) is 23.9 Å². The van der Waals surface area contributed by atoms with Crippen LogP contribution < -0.4 is 16.0 Å². The highest BCUT2D eigenvalue weighted by Crippen LogP contribution is 2.62. The lowest BCUT2D eigenvalue weighted by atomic mass is 10.0. The summed E-state index contributed by atoms with van der Waals surface area (Å²) in [6, 6.07) is -0.978. The molecule has 3 N–H and O–H groups in total. The number of piperidine rings is 1. The summed E-state index contributed by atoms with van der Waals surface area (Å²) in [5.74, 6) is -0.0613. The molecule has 0 spiro atoms. The predicted octanol–water partition coefficient (Wildman–Crippen LogP) is 0.387. The van der Waals surface area contributed by atoms with Crippen molar-refractivity contribution >= 4 is 17.6 Å². The van der Waals surface area contributed by atoms with E-state index in [1.165, 1.54) is 6.08 Å². The van der Waals surface area contributed by atoms with E-state index in [0.29, 0.717) is 24.2 Å². The molecule has 0 aromatic rings. The fourth-order valence-electron chi connectivity index (χ4n) is 4.07. The lowest BCUT2D eigenvalue weighted by molar-refractivity contribution is -0.140. The maximum Gasteiger partial charge on any atom is 0.289 e. The van der Waals surface area contributed by atoms with Gasteiger partial charge in [-0.1, -0.05) is 32.8 Å². The van der Waals surface area contributed by atoms with E-state index in [2.05, 4.69) is 36.4 Å². The quantitative estimate of drug-likeness (QED) is 0.443. The van der Waals surface area contributed by atoms with Gasteiger partial charge in [-0.15, -0.1) is 6.58 Å². The van der Waals surface area contributed by atoms with E-state index >= 15 is 0 Å². The first kappa shape index (κ1) is 17.1. The van der Waals surface area contributed by atoms with E-state index < -0.39 is 17.7 Å². The molecule has 3 aliphatic rings. The minimum atomic E-state index is -0.725. The van der Waals surface area contributed by atoms with Crippen LogP contribution in [0.15, 0.2) is 12.7 Å². The number of fused-ring (bicyclic) bond motifs is 1. The Balaban J connectivity index is 1.61. The number of Topliss-reactive ketones (excluding diaryl/α,β-unsaturated/α-hetero) is 1. The predicted molar refractivity (Wildman–Crippen MR) is 90.0 cm³/mol. The van der Waals surface area contributed by atoms with Crippen molar-refractivity contribution < 1.29 is 14.4 Å². The fourth-order valence-corrected chi connectivity index (χ4v) is 4.07. The second kappa shape index (κ2) is 6.31. The molecule has 6 heteroatoms. The van der Waals surface area contributed by atoms with Crippen LogP contribution in [0.1, 0.15) is 33.1 Å². The molecule has 0 aromatic heterocycles. The first-order valence-corrected chi connectivity index (χ1v) is 8.83. The number of carbonyl (C=O) groups excluding carboxylic acids is 3. The number of carbonyl (C=O) groups is 3. The summed E-state index contributed by atoms with van der Waals surface area (Å²) in [6.07, 6.45) is 4.20. The highest BCUT2D eigenvalue weighted by Gasteiger charge is 2.65. The van der Waals surface area contributed by atoms with E-state index in [4.69, 9.17) is 0 Å². The van der Waals surface area contributed by atoms with Gasteiger partial charge < -0.3 is 16.0 Å². The van der Waals surface area contributed by atoms with E-state index in [0.717, 1.165) is 19.4 Å². The van der Waals surface area contributed by atoms with Crippen molar-refractivity contribution in [3.8, 4) is 0 Å². The van der Waals surface area contributed by atoms with Crippen LogP contribution in [0, 0.1) is 23.2 Å². The van der Waals surface area contributed by atoms with Gasteiger partial charge in [-0.25, -0.2) is 0 Å². The summed E-state index contributed by atoms with van der Waals surface area (Å²) < 4.78 is 0. The Morgan fingerprint density at radius 3 is 2.58 bits per heavy atom. The zero-order chi connectivity index (χ0) is 17.5. The number of amides is 2. The normalized spacial score (nSPS) is 30.8. The zero-order valence-corrected chi connectivity index (χ0v) is 14.4. The van der Waals surface area contributed by atoms with Crippen LogP contribution >= 0.6 is 0 Å². The molecule has 2 aliphatic carbocycles. The van der Waals surface area contributed by atoms with Crippen molar-refractivity contribution in [2.45, 2.75) is 45.2 Å². The van der Waals surface area contributed by atoms with Crippen LogP contribution in [0.3, 0.4) is 0 Å². The standard InChI is InChI=1S/C18H27N3O3/c1-4-7-19-17(24)15(22)12(8-10-5-6-10)21-16(23)14-13-11(9-20-14)18(13,2)3/h4,10-14,20H,1,5-9H2,2-3H3,(H,19,24)(H,21,23)/t11-,12?,13-,14-/m0/s1. The Hall–Kier alpha value is -1.69. The van der Waals surface area contributed by atoms with Crippen molar-refractivity contribution in [2.75, 3.05) is 13.1 Å². The van der Waals surface area contributed by atoms with Crippen molar-refractivity contribution in [1.82, 2.24) is 16.0 Å². The molecule has 132 valence electrons. The van der Waals surface area contributed by atoms with Crippen molar-refractivity contribution in [3.63, 3.8) is 0 Å². The van der Waals surface area contributed by atoms with Crippen molar-refractivity contribution in [1.29, 1.82) is 0 Å². The molecule has 24 heavy (non-hydrogen) atoms. The molecule has 4 atom stereocenters. The number of nitrogens with one attached hydrogen (secondary N) is 3. The third-order valence-corrected chi connectivity index (χ3v) is 5.87. The average Bonchev–Trinajstić information content (AvgIpc) is 3.37. The molecule has 3 rings (SSSR count). The topological polar surface area (TPSA) is 87.3 Å². The molecule has 6 nitrogen and oxygen atoms in total. The highest BCUT2D eigenvalue weighted by molar-refractivity contribution is 6.38. The van der Waals surface area contributed by atoms with Crippen molar-refractivity contribution in [2.24, 2.45) is 23.2 Å². The molecule has 1 unspecified atom stereocenters. The van der Waals surface area contributed by atoms with Crippen LogP contribution in [-0.4, -0.2) is 42.8 Å². The van der Waals surface area contributed by atoms with Gasteiger partial charge in [0, 0.05) is 6.54 Å². The minimum Gasteiger partial charge on any atom is -0.346 e. The number of hydrogen-bond acceptors (Lipinski definition) is 4. The van der Waals surface area contributed by atoms with Crippen LogP contribution in [-0.2, 0) is 14.4 Å². The average molecular weight is 333 g/mol. The van der Waals surface area contributed by atoms with Gasteiger partial charge in [-0.2, -0.15) is 0 Å². The fraction of sp³-hybridized carbons (Fsp3) is 0.722. The molecule has 1 saturated heterocycles. The van der Waals surface area contributed by atoms with E-state index in [1.54, 1.807) is 0 Å². The molecule has 0 aromatic carbocycles. The molecular weight excluding hydrogens is 306 g/mol. The molecule has 2 saturated carbocycles. The first-order chi connectivity index (χ1) is 11.4. The Kier molecular flexibility index (Phi) is 4.51. The van der Waals surface area contributed by atoms with Gasteiger partial charge in [0.05, 0.1) is 12.1 Å². The number of ketones is 1. The van der Waals surface area contributed by atoms with Crippen molar-refractivity contribution in [3.05, 3.63) is 12.7 Å². The molecule has 2 amide bonds. The summed E-state index contributed by atoms with van der Waals surface area (Å²) >= 11 is 0. The summed E-state index contributed by atoms with van der Waals surface area (Å²) in [4.78, 5) is 37.0. The first-order valence-electron chi connectivity index (χ1n) is 8.83. The molecule has 3 fully saturated rings. The third-order valence-electron chi connectivity index (χ3n) is 5.87. The van der Waals surface area contributed by atoms with Gasteiger partial charge in [0.2, 0.25) is 11.7 Å². The van der Waals surface area contributed by atoms with E-state index in [1.807, 2.05) is 0 Å². The van der Waals surface area contributed by atoms with Crippen LogP contribution in [0.5, 0.6) is 0 Å². The monoisotopic (exact) mass is 333 g/mol. The van der Waals surface area contributed by atoms with Gasteiger partial charge in [-0.3, -0.25) is 14.4 Å². The Labute approximate surface area is 142 Å². The highest BCUT2D eigenvalue weighted by atomic mass is 16.2. The summed E-state index contributed by atoms with van der Waals surface area (Å²) in [6.45, 7) is 8.97. The molecular formula is C18H27N3O3. The third kappa shape index (κ3) is 3.24. The van der Waals surface area contributed by atoms with Gasteiger partial charge in [-0.05, 0) is 36.1 Å². The van der Waals surface area contributed by atoms with Gasteiger partial charge in [0.1, 0.15) is 0 Å². The van der Waals surface area contributed by atoms with Gasteiger partial charge >= 0.3 is 0 Å². The second-order valence-corrected chi connectivity index (χ2v) is 7.94. The number of hydrogen-bond donors (Lipinski definition) is 3. The molecule has 0 radical (unpaired) electrons. The molecule has 1 heterocycles. The SMILES string of the molecule is C=CCNC(=O)C(=O)C(CC1CC1)NC(=O)[C@H]1NC[C@H]2[C@@H]1C2(C)C. The Morgan fingerprint density at radius 2 is 2.04 bits per heavy atom. The Morgan fingerprint density at radius 1 is 1.33 bits per heavy atom. The number of rotatable bonds is 8. The Bertz CT molecular complexity index is 568. The van der Waals surface area contributed by atoms with Crippen LogP contribution in [0.2, 0.25) is 0 Å². The maximum absolute atomic E-state index is 12.6.